The molecule has 0 aromatic heterocycles. The summed E-state index contributed by atoms with van der Waals surface area (Å²) >= 11 is 12.2. The molecule has 0 spiro atoms. The van der Waals surface area contributed by atoms with E-state index in [0.717, 1.165) is 17.5 Å². The summed E-state index contributed by atoms with van der Waals surface area (Å²) in [5.74, 6) is 0.490. The molecule has 5 nitrogen and oxygen atoms in total. The Labute approximate surface area is 201 Å². The molecule has 0 saturated heterocycles. The van der Waals surface area contributed by atoms with Gasteiger partial charge in [-0.15, -0.1) is 0 Å². The Morgan fingerprint density at radius 3 is 2.41 bits per heavy atom. The van der Waals surface area contributed by atoms with Crippen LogP contribution in [0.4, 0.5) is 0 Å². The first-order chi connectivity index (χ1) is 15.3. The third-order valence-corrected chi connectivity index (χ3v) is 5.90. The van der Waals surface area contributed by atoms with E-state index in [2.05, 4.69) is 19.2 Å². The number of ether oxygens (including phenoxy) is 1. The van der Waals surface area contributed by atoms with Crippen LogP contribution in [0.1, 0.15) is 57.6 Å². The van der Waals surface area contributed by atoms with Crippen molar-refractivity contribution in [3.05, 3.63) is 63.6 Å². The van der Waals surface area contributed by atoms with Crippen molar-refractivity contribution in [3.8, 4) is 5.75 Å². The Balaban J connectivity index is 2.26. The van der Waals surface area contributed by atoms with E-state index in [9.17, 15) is 9.59 Å². The van der Waals surface area contributed by atoms with E-state index < -0.39 is 6.04 Å². The normalized spacial score (nSPS) is 11.8. The van der Waals surface area contributed by atoms with Crippen LogP contribution in [0.15, 0.2) is 42.5 Å². The molecule has 0 aliphatic heterocycles. The van der Waals surface area contributed by atoms with Crippen LogP contribution in [-0.2, 0) is 16.1 Å². The number of hydrogen-bond donors (Lipinski definition) is 1. The number of benzene rings is 2. The summed E-state index contributed by atoms with van der Waals surface area (Å²) < 4.78 is 5.91. The van der Waals surface area contributed by atoms with Crippen molar-refractivity contribution in [2.24, 2.45) is 0 Å². The first-order valence-electron chi connectivity index (χ1n) is 11.0. The van der Waals surface area contributed by atoms with Crippen LogP contribution >= 0.6 is 23.2 Å². The Morgan fingerprint density at radius 1 is 1.06 bits per heavy atom. The summed E-state index contributed by atoms with van der Waals surface area (Å²) in [5.41, 5.74) is 1.82. The SMILES string of the molecule is CCCNC(=O)[C@@H](CC)N(Cc1ccc(Cl)c(Cl)c1)C(=O)COc1ccccc1C(C)C. The molecule has 0 heterocycles. The van der Waals surface area contributed by atoms with Gasteiger partial charge in [0.2, 0.25) is 5.91 Å². The van der Waals surface area contributed by atoms with Crippen molar-refractivity contribution in [2.45, 2.75) is 59.0 Å². The van der Waals surface area contributed by atoms with E-state index >= 15 is 0 Å². The fourth-order valence-electron chi connectivity index (χ4n) is 3.43. The quantitative estimate of drug-likeness (QED) is 0.441. The van der Waals surface area contributed by atoms with Gasteiger partial charge in [-0.1, -0.05) is 75.2 Å². The lowest BCUT2D eigenvalue weighted by molar-refractivity contribution is -0.143. The van der Waals surface area contributed by atoms with E-state index in [1.165, 1.54) is 0 Å². The molecule has 1 N–H and O–H groups in total. The topological polar surface area (TPSA) is 58.6 Å². The lowest BCUT2D eigenvalue weighted by atomic mass is 10.0. The monoisotopic (exact) mass is 478 g/mol. The molecule has 0 aliphatic carbocycles. The Hall–Kier alpha value is -2.24. The number of rotatable bonds is 11. The van der Waals surface area contributed by atoms with E-state index in [0.29, 0.717) is 28.8 Å². The molecule has 0 unspecified atom stereocenters. The van der Waals surface area contributed by atoms with Gasteiger partial charge in [-0.3, -0.25) is 9.59 Å². The van der Waals surface area contributed by atoms with Crippen molar-refractivity contribution >= 4 is 35.0 Å². The predicted molar refractivity (Wildman–Crippen MR) is 130 cm³/mol. The van der Waals surface area contributed by atoms with Crippen molar-refractivity contribution in [1.82, 2.24) is 10.2 Å². The maximum Gasteiger partial charge on any atom is 0.261 e. The van der Waals surface area contributed by atoms with Gasteiger partial charge in [0.05, 0.1) is 10.0 Å². The van der Waals surface area contributed by atoms with Crippen LogP contribution in [0.25, 0.3) is 0 Å². The molecule has 174 valence electrons. The van der Waals surface area contributed by atoms with Crippen molar-refractivity contribution < 1.29 is 14.3 Å². The van der Waals surface area contributed by atoms with Crippen LogP contribution in [0, 0.1) is 0 Å². The minimum absolute atomic E-state index is 0.164. The smallest absolute Gasteiger partial charge is 0.261 e. The molecule has 0 radical (unpaired) electrons. The Morgan fingerprint density at radius 2 is 1.78 bits per heavy atom. The van der Waals surface area contributed by atoms with Crippen LogP contribution in [0.5, 0.6) is 5.75 Å². The molecule has 0 fully saturated rings. The molecular weight excluding hydrogens is 447 g/mol. The highest BCUT2D eigenvalue weighted by Crippen LogP contribution is 2.27. The minimum atomic E-state index is -0.618. The number of amides is 2. The number of carbonyl (C=O) groups is 2. The molecule has 1 atom stereocenters. The maximum atomic E-state index is 13.3. The summed E-state index contributed by atoms with van der Waals surface area (Å²) in [6, 6.07) is 12.3. The van der Waals surface area contributed by atoms with Crippen LogP contribution < -0.4 is 10.1 Å². The number of halogens is 2. The van der Waals surface area contributed by atoms with Gasteiger partial charge in [-0.25, -0.2) is 0 Å². The molecule has 0 bridgehead atoms. The Bertz CT molecular complexity index is 918. The highest BCUT2D eigenvalue weighted by molar-refractivity contribution is 6.42. The van der Waals surface area contributed by atoms with Crippen molar-refractivity contribution in [2.75, 3.05) is 13.2 Å². The largest absolute Gasteiger partial charge is 0.483 e. The average molecular weight is 479 g/mol. The predicted octanol–water partition coefficient (Wildman–Crippen LogP) is 5.83. The van der Waals surface area contributed by atoms with Crippen LogP contribution in [0.3, 0.4) is 0 Å². The zero-order chi connectivity index (χ0) is 23.7. The number of nitrogens with zero attached hydrogens (tertiary/aromatic N) is 1. The summed E-state index contributed by atoms with van der Waals surface area (Å²) in [5, 5.41) is 3.75. The molecule has 32 heavy (non-hydrogen) atoms. The average Bonchev–Trinajstić information content (AvgIpc) is 2.78. The summed E-state index contributed by atoms with van der Waals surface area (Å²) in [6.07, 6.45) is 1.29. The summed E-state index contributed by atoms with van der Waals surface area (Å²) in [4.78, 5) is 27.7. The van der Waals surface area contributed by atoms with E-state index in [4.69, 9.17) is 27.9 Å². The minimum Gasteiger partial charge on any atom is -0.483 e. The summed E-state index contributed by atoms with van der Waals surface area (Å²) in [7, 11) is 0. The highest BCUT2D eigenvalue weighted by Gasteiger charge is 2.29. The summed E-state index contributed by atoms with van der Waals surface area (Å²) in [6.45, 7) is 8.64. The van der Waals surface area contributed by atoms with Gasteiger partial charge in [0.25, 0.3) is 5.91 Å². The van der Waals surface area contributed by atoms with Gasteiger partial charge < -0.3 is 15.0 Å². The first kappa shape index (κ1) is 26.0. The maximum absolute atomic E-state index is 13.3. The highest BCUT2D eigenvalue weighted by atomic mass is 35.5. The third kappa shape index (κ3) is 7.14. The fourth-order valence-corrected chi connectivity index (χ4v) is 3.75. The van der Waals surface area contributed by atoms with Crippen LogP contribution in [-0.4, -0.2) is 35.9 Å². The second kappa shape index (κ2) is 12.7. The third-order valence-electron chi connectivity index (χ3n) is 5.16. The lowest BCUT2D eigenvalue weighted by Crippen LogP contribution is -2.50. The van der Waals surface area contributed by atoms with Gasteiger partial charge >= 0.3 is 0 Å². The van der Waals surface area contributed by atoms with Gasteiger partial charge in [0, 0.05) is 13.1 Å². The zero-order valence-corrected chi connectivity index (χ0v) is 20.7. The van der Waals surface area contributed by atoms with Gasteiger partial charge in [-0.2, -0.15) is 0 Å². The standard InChI is InChI=1S/C25H32Cl2N2O3/c1-5-13-28-25(31)22(6-2)29(15-18-11-12-20(26)21(27)14-18)24(30)16-32-23-10-8-7-9-19(23)17(3)4/h7-12,14,17,22H,5-6,13,15-16H2,1-4H3,(H,28,31)/t22-/m1/s1. The molecule has 0 saturated carbocycles. The number of nitrogens with one attached hydrogen (secondary N) is 1. The second-order valence-electron chi connectivity index (χ2n) is 7.97. The second-order valence-corrected chi connectivity index (χ2v) is 8.78. The molecule has 2 amide bonds. The van der Waals surface area contributed by atoms with Gasteiger partial charge in [0.1, 0.15) is 11.8 Å². The molecule has 0 aliphatic rings. The molecular formula is C25H32Cl2N2O3. The molecule has 2 aromatic rings. The zero-order valence-electron chi connectivity index (χ0n) is 19.2. The van der Waals surface area contributed by atoms with E-state index in [1.807, 2.05) is 38.1 Å². The fraction of sp³-hybridized carbons (Fsp3) is 0.440. The van der Waals surface area contributed by atoms with Gasteiger partial charge in [0.15, 0.2) is 6.61 Å². The molecule has 7 heteroatoms. The van der Waals surface area contributed by atoms with Crippen LogP contribution in [0.2, 0.25) is 10.0 Å². The first-order valence-corrected chi connectivity index (χ1v) is 11.8. The van der Waals surface area contributed by atoms with Crippen molar-refractivity contribution in [3.63, 3.8) is 0 Å². The van der Waals surface area contributed by atoms with Gasteiger partial charge in [-0.05, 0) is 48.1 Å². The number of carbonyl (C=O) groups excluding carboxylic acids is 2. The Kier molecular flexibility index (Phi) is 10.3. The molecule has 2 aromatic carbocycles. The van der Waals surface area contributed by atoms with E-state index in [-0.39, 0.29) is 30.9 Å². The molecule has 2 rings (SSSR count). The van der Waals surface area contributed by atoms with Crippen molar-refractivity contribution in [1.29, 1.82) is 0 Å². The number of para-hydroxylation sites is 1. The van der Waals surface area contributed by atoms with E-state index in [1.54, 1.807) is 23.1 Å². The number of hydrogen-bond acceptors (Lipinski definition) is 3. The lowest BCUT2D eigenvalue weighted by Gasteiger charge is -2.30.